The highest BCUT2D eigenvalue weighted by Crippen LogP contribution is 2.21. The zero-order valence-electron chi connectivity index (χ0n) is 9.78. The van der Waals surface area contributed by atoms with Crippen LogP contribution in [0.4, 0.5) is 5.95 Å². The Morgan fingerprint density at radius 2 is 1.88 bits per heavy atom. The number of nitrogens with one attached hydrogen (secondary N) is 2. The highest BCUT2D eigenvalue weighted by atomic mass is 35.5. The Bertz CT molecular complexity index is 441. The van der Waals surface area contributed by atoms with Gasteiger partial charge in [0.05, 0.1) is 11.0 Å². The van der Waals surface area contributed by atoms with Gasteiger partial charge in [-0.15, -0.1) is 12.4 Å². The second kappa shape index (κ2) is 5.41. The van der Waals surface area contributed by atoms with E-state index in [2.05, 4.69) is 21.4 Å². The third-order valence-corrected chi connectivity index (χ3v) is 3.34. The molecule has 3 rings (SSSR count). The molecule has 1 saturated carbocycles. The Labute approximate surface area is 107 Å². The van der Waals surface area contributed by atoms with E-state index < -0.39 is 0 Å². The first-order valence-corrected chi connectivity index (χ1v) is 6.13. The van der Waals surface area contributed by atoms with Gasteiger partial charge in [-0.1, -0.05) is 31.4 Å². The van der Waals surface area contributed by atoms with Crippen LogP contribution in [0.5, 0.6) is 0 Å². The predicted molar refractivity (Wildman–Crippen MR) is 73.8 cm³/mol. The van der Waals surface area contributed by atoms with Crippen LogP contribution in [-0.2, 0) is 0 Å². The molecule has 0 aliphatic heterocycles. The predicted octanol–water partition coefficient (Wildman–Crippen LogP) is 3.73. The average Bonchev–Trinajstić information content (AvgIpc) is 2.72. The number of imidazole rings is 1. The normalized spacial score (nSPS) is 16.7. The number of H-pyrrole nitrogens is 1. The summed E-state index contributed by atoms with van der Waals surface area (Å²) in [4.78, 5) is 7.86. The summed E-state index contributed by atoms with van der Waals surface area (Å²) >= 11 is 0. The molecule has 0 bridgehead atoms. The van der Waals surface area contributed by atoms with Gasteiger partial charge >= 0.3 is 0 Å². The quantitative estimate of drug-likeness (QED) is 0.854. The molecule has 0 spiro atoms. The highest BCUT2D eigenvalue weighted by Gasteiger charge is 2.14. The highest BCUT2D eigenvalue weighted by molar-refractivity contribution is 5.85. The molecule has 1 aliphatic carbocycles. The molecule has 2 N–H and O–H groups in total. The molecule has 4 heteroatoms. The van der Waals surface area contributed by atoms with Crippen molar-refractivity contribution in [3.05, 3.63) is 24.3 Å². The first kappa shape index (κ1) is 12.2. The van der Waals surface area contributed by atoms with Crippen molar-refractivity contribution in [2.24, 2.45) is 0 Å². The van der Waals surface area contributed by atoms with Crippen LogP contribution in [0.3, 0.4) is 0 Å². The summed E-state index contributed by atoms with van der Waals surface area (Å²) in [5, 5.41) is 3.50. The fourth-order valence-corrected chi connectivity index (χ4v) is 2.46. The maximum Gasteiger partial charge on any atom is 0.201 e. The maximum atomic E-state index is 4.54. The summed E-state index contributed by atoms with van der Waals surface area (Å²) in [7, 11) is 0. The number of benzene rings is 1. The summed E-state index contributed by atoms with van der Waals surface area (Å²) in [6, 6.07) is 8.76. The van der Waals surface area contributed by atoms with Gasteiger partial charge in [0.15, 0.2) is 0 Å². The van der Waals surface area contributed by atoms with Crippen LogP contribution >= 0.6 is 12.4 Å². The smallest absolute Gasteiger partial charge is 0.201 e. The van der Waals surface area contributed by atoms with Gasteiger partial charge in [-0.25, -0.2) is 4.98 Å². The number of anilines is 1. The first-order valence-electron chi connectivity index (χ1n) is 6.13. The Morgan fingerprint density at radius 3 is 2.65 bits per heavy atom. The Hall–Kier alpha value is -1.22. The molecule has 92 valence electrons. The molecule has 0 unspecified atom stereocenters. The average molecular weight is 252 g/mol. The molecular weight excluding hydrogens is 234 g/mol. The molecule has 3 nitrogen and oxygen atoms in total. The molecule has 1 aromatic carbocycles. The van der Waals surface area contributed by atoms with Gasteiger partial charge in [0, 0.05) is 6.04 Å². The fourth-order valence-electron chi connectivity index (χ4n) is 2.46. The largest absolute Gasteiger partial charge is 0.353 e. The fraction of sp³-hybridized carbons (Fsp3) is 0.462. The standard InChI is InChI=1S/C13H17N3.ClH/c1-2-6-10(7-3-1)14-13-15-11-8-4-5-9-12(11)16-13;/h4-5,8-10H,1-3,6-7H2,(H2,14,15,16);1H. The number of hydrogen-bond donors (Lipinski definition) is 2. The van der Waals surface area contributed by atoms with Crippen molar-refractivity contribution in [2.45, 2.75) is 38.1 Å². The number of fused-ring (bicyclic) bond motifs is 1. The van der Waals surface area contributed by atoms with E-state index in [1.165, 1.54) is 32.1 Å². The van der Waals surface area contributed by atoms with Crippen LogP contribution in [-0.4, -0.2) is 16.0 Å². The molecule has 1 aromatic heterocycles. The molecular formula is C13H18ClN3. The lowest BCUT2D eigenvalue weighted by Gasteiger charge is -2.22. The van der Waals surface area contributed by atoms with Crippen LogP contribution in [0.2, 0.25) is 0 Å². The number of aromatic nitrogens is 2. The van der Waals surface area contributed by atoms with E-state index in [0.717, 1.165) is 17.0 Å². The molecule has 17 heavy (non-hydrogen) atoms. The summed E-state index contributed by atoms with van der Waals surface area (Å²) in [6.07, 6.45) is 6.63. The Kier molecular flexibility index (Phi) is 3.89. The lowest BCUT2D eigenvalue weighted by molar-refractivity contribution is 0.461. The topological polar surface area (TPSA) is 40.7 Å². The van der Waals surface area contributed by atoms with Crippen LogP contribution < -0.4 is 5.32 Å². The van der Waals surface area contributed by atoms with Gasteiger partial charge < -0.3 is 10.3 Å². The van der Waals surface area contributed by atoms with Gasteiger partial charge in [0.1, 0.15) is 0 Å². The van der Waals surface area contributed by atoms with E-state index in [9.17, 15) is 0 Å². The minimum Gasteiger partial charge on any atom is -0.353 e. The summed E-state index contributed by atoms with van der Waals surface area (Å²) < 4.78 is 0. The van der Waals surface area contributed by atoms with Gasteiger partial charge in [0.2, 0.25) is 5.95 Å². The van der Waals surface area contributed by atoms with E-state index in [1.807, 2.05) is 18.2 Å². The molecule has 0 atom stereocenters. The molecule has 1 heterocycles. The zero-order valence-corrected chi connectivity index (χ0v) is 10.6. The van der Waals surface area contributed by atoms with Crippen molar-refractivity contribution in [1.82, 2.24) is 9.97 Å². The summed E-state index contributed by atoms with van der Waals surface area (Å²) in [5.74, 6) is 0.924. The van der Waals surface area contributed by atoms with Crippen molar-refractivity contribution in [3.63, 3.8) is 0 Å². The first-order chi connectivity index (χ1) is 7.92. The van der Waals surface area contributed by atoms with Crippen LogP contribution in [0.25, 0.3) is 11.0 Å². The van der Waals surface area contributed by atoms with Gasteiger partial charge in [-0.3, -0.25) is 0 Å². The number of aromatic amines is 1. The van der Waals surface area contributed by atoms with E-state index in [4.69, 9.17) is 0 Å². The van der Waals surface area contributed by atoms with E-state index in [1.54, 1.807) is 0 Å². The minimum absolute atomic E-state index is 0. The zero-order chi connectivity index (χ0) is 10.8. The Morgan fingerprint density at radius 1 is 1.12 bits per heavy atom. The van der Waals surface area contributed by atoms with Gasteiger partial charge in [0.25, 0.3) is 0 Å². The van der Waals surface area contributed by atoms with Crippen molar-refractivity contribution >= 4 is 29.4 Å². The van der Waals surface area contributed by atoms with E-state index in [0.29, 0.717) is 6.04 Å². The third-order valence-electron chi connectivity index (χ3n) is 3.34. The summed E-state index contributed by atoms with van der Waals surface area (Å²) in [6.45, 7) is 0. The molecule has 1 fully saturated rings. The maximum absolute atomic E-state index is 4.54. The lowest BCUT2D eigenvalue weighted by Crippen LogP contribution is -2.22. The van der Waals surface area contributed by atoms with Crippen molar-refractivity contribution < 1.29 is 0 Å². The van der Waals surface area contributed by atoms with Crippen LogP contribution in [0.15, 0.2) is 24.3 Å². The second-order valence-corrected chi connectivity index (χ2v) is 4.58. The number of nitrogens with zero attached hydrogens (tertiary/aromatic N) is 1. The number of para-hydroxylation sites is 2. The van der Waals surface area contributed by atoms with Crippen LogP contribution in [0.1, 0.15) is 32.1 Å². The molecule has 2 aromatic rings. The SMILES string of the molecule is Cl.c1ccc2[nH]c(NC3CCCCC3)nc2c1. The molecule has 1 aliphatic rings. The number of halogens is 1. The van der Waals surface area contributed by atoms with Crippen molar-refractivity contribution in [1.29, 1.82) is 0 Å². The monoisotopic (exact) mass is 251 g/mol. The van der Waals surface area contributed by atoms with Crippen molar-refractivity contribution in [3.8, 4) is 0 Å². The lowest BCUT2D eigenvalue weighted by atomic mass is 9.96. The van der Waals surface area contributed by atoms with Crippen molar-refractivity contribution in [2.75, 3.05) is 5.32 Å². The molecule has 0 saturated heterocycles. The van der Waals surface area contributed by atoms with E-state index >= 15 is 0 Å². The van der Waals surface area contributed by atoms with Gasteiger partial charge in [-0.2, -0.15) is 0 Å². The minimum atomic E-state index is 0. The molecule has 0 amide bonds. The van der Waals surface area contributed by atoms with E-state index in [-0.39, 0.29) is 12.4 Å². The van der Waals surface area contributed by atoms with Gasteiger partial charge in [-0.05, 0) is 25.0 Å². The third kappa shape index (κ3) is 2.72. The molecule has 0 radical (unpaired) electrons. The van der Waals surface area contributed by atoms with Crippen LogP contribution in [0, 0.1) is 0 Å². The second-order valence-electron chi connectivity index (χ2n) is 4.58. The number of rotatable bonds is 2. The number of hydrogen-bond acceptors (Lipinski definition) is 2. The Balaban J connectivity index is 0.00000108. The summed E-state index contributed by atoms with van der Waals surface area (Å²) in [5.41, 5.74) is 2.15.